The fourth-order valence-electron chi connectivity index (χ4n) is 1.56. The highest BCUT2D eigenvalue weighted by molar-refractivity contribution is 5.49. The standard InChI is InChI=1S/C11H17NO3/c1-7-9(14-3)6-5-8(10(7)15-4)11(13)12-2/h5-6,11-13H,1-4H3. The highest BCUT2D eigenvalue weighted by atomic mass is 16.5. The van der Waals surface area contributed by atoms with Crippen LogP contribution in [0.3, 0.4) is 0 Å². The van der Waals surface area contributed by atoms with Gasteiger partial charge in [-0.25, -0.2) is 0 Å². The summed E-state index contributed by atoms with van der Waals surface area (Å²) in [6.07, 6.45) is -0.732. The topological polar surface area (TPSA) is 50.7 Å². The zero-order valence-corrected chi connectivity index (χ0v) is 9.50. The molecule has 84 valence electrons. The van der Waals surface area contributed by atoms with Crippen LogP contribution in [0.15, 0.2) is 12.1 Å². The summed E-state index contributed by atoms with van der Waals surface area (Å²) >= 11 is 0. The Hall–Kier alpha value is -1.26. The van der Waals surface area contributed by atoms with E-state index in [1.165, 1.54) is 0 Å². The Kier molecular flexibility index (Phi) is 3.94. The van der Waals surface area contributed by atoms with Crippen LogP contribution in [0.25, 0.3) is 0 Å². The number of aliphatic hydroxyl groups is 1. The van der Waals surface area contributed by atoms with Crippen molar-refractivity contribution in [1.29, 1.82) is 0 Å². The van der Waals surface area contributed by atoms with E-state index in [0.29, 0.717) is 11.3 Å². The second kappa shape index (κ2) is 5.00. The van der Waals surface area contributed by atoms with Crippen LogP contribution in [0.1, 0.15) is 17.4 Å². The van der Waals surface area contributed by atoms with E-state index in [2.05, 4.69) is 5.32 Å². The van der Waals surface area contributed by atoms with Gasteiger partial charge in [0.05, 0.1) is 14.2 Å². The van der Waals surface area contributed by atoms with Gasteiger partial charge in [-0.1, -0.05) is 0 Å². The van der Waals surface area contributed by atoms with Gasteiger partial charge in [0, 0.05) is 11.1 Å². The molecule has 0 aliphatic rings. The average molecular weight is 211 g/mol. The maximum Gasteiger partial charge on any atom is 0.134 e. The summed E-state index contributed by atoms with van der Waals surface area (Å²) in [5.74, 6) is 1.40. The van der Waals surface area contributed by atoms with Gasteiger partial charge < -0.3 is 14.6 Å². The van der Waals surface area contributed by atoms with Crippen LogP contribution >= 0.6 is 0 Å². The number of hydrogen-bond donors (Lipinski definition) is 2. The van der Waals surface area contributed by atoms with Crippen LogP contribution in [0.2, 0.25) is 0 Å². The monoisotopic (exact) mass is 211 g/mol. The molecule has 2 N–H and O–H groups in total. The van der Waals surface area contributed by atoms with Crippen molar-refractivity contribution in [3.05, 3.63) is 23.3 Å². The van der Waals surface area contributed by atoms with E-state index in [1.54, 1.807) is 27.3 Å². The first-order chi connectivity index (χ1) is 7.15. The van der Waals surface area contributed by atoms with Crippen molar-refractivity contribution < 1.29 is 14.6 Å². The van der Waals surface area contributed by atoms with Crippen LogP contribution in [0, 0.1) is 6.92 Å². The van der Waals surface area contributed by atoms with E-state index in [-0.39, 0.29) is 0 Å². The smallest absolute Gasteiger partial charge is 0.134 e. The van der Waals surface area contributed by atoms with Gasteiger partial charge in [0.15, 0.2) is 0 Å². The molecule has 1 aromatic carbocycles. The summed E-state index contributed by atoms with van der Waals surface area (Å²) in [6, 6.07) is 3.60. The van der Waals surface area contributed by atoms with Crippen LogP contribution < -0.4 is 14.8 Å². The van der Waals surface area contributed by atoms with Crippen molar-refractivity contribution >= 4 is 0 Å². The summed E-state index contributed by atoms with van der Waals surface area (Å²) in [7, 11) is 4.87. The van der Waals surface area contributed by atoms with E-state index in [1.807, 2.05) is 13.0 Å². The maximum atomic E-state index is 9.70. The lowest BCUT2D eigenvalue weighted by atomic mass is 10.1. The summed E-state index contributed by atoms with van der Waals surface area (Å²) < 4.78 is 10.4. The highest BCUT2D eigenvalue weighted by Gasteiger charge is 2.15. The van der Waals surface area contributed by atoms with E-state index in [4.69, 9.17) is 9.47 Å². The van der Waals surface area contributed by atoms with Crippen molar-refractivity contribution in [2.75, 3.05) is 21.3 Å². The Morgan fingerprint density at radius 3 is 2.40 bits per heavy atom. The summed E-state index contributed by atoms with van der Waals surface area (Å²) in [5, 5.41) is 12.5. The Morgan fingerprint density at radius 2 is 1.93 bits per heavy atom. The third kappa shape index (κ3) is 2.22. The number of benzene rings is 1. The third-order valence-corrected chi connectivity index (χ3v) is 2.38. The van der Waals surface area contributed by atoms with Crippen molar-refractivity contribution in [3.63, 3.8) is 0 Å². The molecule has 0 aromatic heterocycles. The molecule has 0 aliphatic carbocycles. The van der Waals surface area contributed by atoms with Gasteiger partial charge in [0.1, 0.15) is 17.7 Å². The molecule has 0 spiro atoms. The molecule has 1 rings (SSSR count). The van der Waals surface area contributed by atoms with Crippen molar-refractivity contribution in [1.82, 2.24) is 5.32 Å². The SMILES string of the molecule is CNC(O)c1ccc(OC)c(C)c1OC. The molecule has 0 aliphatic heterocycles. The molecule has 4 nitrogen and oxygen atoms in total. The van der Waals surface area contributed by atoms with Gasteiger partial charge in [0.2, 0.25) is 0 Å². The van der Waals surface area contributed by atoms with E-state index in [0.717, 1.165) is 11.3 Å². The fraction of sp³-hybridized carbons (Fsp3) is 0.455. The van der Waals surface area contributed by atoms with Gasteiger partial charge >= 0.3 is 0 Å². The minimum Gasteiger partial charge on any atom is -0.496 e. The molecular weight excluding hydrogens is 194 g/mol. The first kappa shape index (κ1) is 11.8. The molecule has 4 heteroatoms. The van der Waals surface area contributed by atoms with Gasteiger partial charge in [-0.3, -0.25) is 5.32 Å². The number of nitrogens with one attached hydrogen (secondary N) is 1. The van der Waals surface area contributed by atoms with Crippen LogP contribution in [0.4, 0.5) is 0 Å². The predicted molar refractivity (Wildman–Crippen MR) is 58.3 cm³/mol. The Balaban J connectivity index is 3.24. The molecule has 0 radical (unpaired) electrons. The fourth-order valence-corrected chi connectivity index (χ4v) is 1.56. The molecule has 0 heterocycles. The zero-order chi connectivity index (χ0) is 11.4. The average Bonchev–Trinajstić information content (AvgIpc) is 2.27. The van der Waals surface area contributed by atoms with Gasteiger partial charge in [-0.05, 0) is 26.1 Å². The Bertz CT molecular complexity index is 339. The Labute approximate surface area is 89.8 Å². The second-order valence-corrected chi connectivity index (χ2v) is 3.21. The summed E-state index contributed by atoms with van der Waals surface area (Å²) in [5.41, 5.74) is 1.59. The first-order valence-corrected chi connectivity index (χ1v) is 4.72. The van der Waals surface area contributed by atoms with Crippen LogP contribution in [0.5, 0.6) is 11.5 Å². The molecule has 0 fully saturated rings. The Morgan fingerprint density at radius 1 is 1.27 bits per heavy atom. The first-order valence-electron chi connectivity index (χ1n) is 4.72. The number of rotatable bonds is 4. The third-order valence-electron chi connectivity index (χ3n) is 2.38. The zero-order valence-electron chi connectivity index (χ0n) is 9.50. The minimum atomic E-state index is -0.732. The molecule has 0 saturated heterocycles. The van der Waals surface area contributed by atoms with Gasteiger partial charge in [0.25, 0.3) is 0 Å². The lowest BCUT2D eigenvalue weighted by molar-refractivity contribution is 0.145. The predicted octanol–water partition coefficient (Wildman–Crippen LogP) is 1.22. The van der Waals surface area contributed by atoms with E-state index in [9.17, 15) is 5.11 Å². The lowest BCUT2D eigenvalue weighted by Crippen LogP contribution is -2.16. The maximum absolute atomic E-state index is 9.70. The number of hydrogen-bond acceptors (Lipinski definition) is 4. The lowest BCUT2D eigenvalue weighted by Gasteiger charge is -2.17. The molecule has 1 aromatic rings. The molecule has 0 amide bonds. The number of methoxy groups -OCH3 is 2. The van der Waals surface area contributed by atoms with E-state index >= 15 is 0 Å². The molecule has 15 heavy (non-hydrogen) atoms. The highest BCUT2D eigenvalue weighted by Crippen LogP contribution is 2.33. The van der Waals surface area contributed by atoms with Crippen LogP contribution in [-0.4, -0.2) is 26.4 Å². The molecular formula is C11H17NO3. The quantitative estimate of drug-likeness (QED) is 0.735. The van der Waals surface area contributed by atoms with E-state index < -0.39 is 6.23 Å². The summed E-state index contributed by atoms with van der Waals surface area (Å²) in [6.45, 7) is 1.89. The molecule has 1 unspecified atom stereocenters. The number of ether oxygens (including phenoxy) is 2. The van der Waals surface area contributed by atoms with Gasteiger partial charge in [-0.15, -0.1) is 0 Å². The molecule has 0 bridgehead atoms. The van der Waals surface area contributed by atoms with Crippen molar-refractivity contribution in [2.24, 2.45) is 0 Å². The second-order valence-electron chi connectivity index (χ2n) is 3.21. The minimum absolute atomic E-state index is 0.649. The molecule has 0 saturated carbocycles. The van der Waals surface area contributed by atoms with Gasteiger partial charge in [-0.2, -0.15) is 0 Å². The molecule has 1 atom stereocenters. The van der Waals surface area contributed by atoms with Crippen LogP contribution in [-0.2, 0) is 0 Å². The largest absolute Gasteiger partial charge is 0.496 e. The van der Waals surface area contributed by atoms with Crippen molar-refractivity contribution in [3.8, 4) is 11.5 Å². The van der Waals surface area contributed by atoms with Crippen molar-refractivity contribution in [2.45, 2.75) is 13.2 Å². The number of aliphatic hydroxyl groups excluding tert-OH is 1. The summed E-state index contributed by atoms with van der Waals surface area (Å²) in [4.78, 5) is 0. The normalized spacial score (nSPS) is 12.3.